The third-order valence-corrected chi connectivity index (χ3v) is 4.50. The van der Waals surface area contributed by atoms with Gasteiger partial charge in [-0.2, -0.15) is 0 Å². The molecule has 1 heterocycles. The van der Waals surface area contributed by atoms with Crippen molar-refractivity contribution >= 4 is 17.5 Å². The molecule has 0 unspecified atom stereocenters. The average molecular weight is 372 g/mol. The van der Waals surface area contributed by atoms with Gasteiger partial charge in [-0.25, -0.2) is 9.97 Å². The molecule has 0 atom stereocenters. The van der Waals surface area contributed by atoms with Crippen LogP contribution in [0.15, 0.2) is 24.4 Å². The monoisotopic (exact) mass is 372 g/mol. The van der Waals surface area contributed by atoms with Gasteiger partial charge in [0.2, 0.25) is 11.7 Å². The lowest BCUT2D eigenvalue weighted by molar-refractivity contribution is 0.0933. The molecule has 0 radical (unpaired) electrons. The van der Waals surface area contributed by atoms with Gasteiger partial charge in [0.1, 0.15) is 5.69 Å². The van der Waals surface area contributed by atoms with Crippen molar-refractivity contribution in [3.8, 4) is 17.2 Å². The second-order valence-corrected chi connectivity index (χ2v) is 6.26. The highest BCUT2D eigenvalue weighted by Gasteiger charge is 2.19. The molecule has 2 aromatic rings. The number of ether oxygens (including phenoxy) is 3. The third-order valence-electron chi connectivity index (χ3n) is 4.50. The molecule has 3 rings (SSSR count). The lowest BCUT2D eigenvalue weighted by Gasteiger charge is -2.15. The third kappa shape index (κ3) is 4.39. The van der Waals surface area contributed by atoms with E-state index in [4.69, 9.17) is 14.2 Å². The SMILES string of the molecule is COc1cc(Nc2nccc(C(=O)NC3CCCC3)n2)cc(OC)c1OC. The summed E-state index contributed by atoms with van der Waals surface area (Å²) in [6.07, 6.45) is 5.91. The van der Waals surface area contributed by atoms with Crippen LogP contribution in [0.1, 0.15) is 36.2 Å². The van der Waals surface area contributed by atoms with Gasteiger partial charge in [0.15, 0.2) is 11.5 Å². The predicted molar refractivity (Wildman–Crippen MR) is 101 cm³/mol. The summed E-state index contributed by atoms with van der Waals surface area (Å²) in [5, 5.41) is 6.10. The first-order valence-electron chi connectivity index (χ1n) is 8.85. The van der Waals surface area contributed by atoms with Gasteiger partial charge in [-0.3, -0.25) is 4.79 Å². The molecular formula is C19H24N4O4. The Morgan fingerprint density at radius 1 is 1.07 bits per heavy atom. The molecule has 1 aliphatic rings. The molecule has 1 saturated carbocycles. The average Bonchev–Trinajstić information content (AvgIpc) is 3.20. The van der Waals surface area contributed by atoms with Crippen molar-refractivity contribution in [3.05, 3.63) is 30.1 Å². The molecule has 144 valence electrons. The smallest absolute Gasteiger partial charge is 0.270 e. The van der Waals surface area contributed by atoms with Gasteiger partial charge in [-0.05, 0) is 18.9 Å². The molecule has 8 heteroatoms. The Balaban J connectivity index is 1.78. The van der Waals surface area contributed by atoms with Crippen LogP contribution >= 0.6 is 0 Å². The lowest BCUT2D eigenvalue weighted by Crippen LogP contribution is -2.33. The zero-order valence-corrected chi connectivity index (χ0v) is 15.7. The highest BCUT2D eigenvalue weighted by Crippen LogP contribution is 2.40. The summed E-state index contributed by atoms with van der Waals surface area (Å²) in [6.45, 7) is 0. The number of benzene rings is 1. The predicted octanol–water partition coefficient (Wildman–Crippen LogP) is 2.92. The van der Waals surface area contributed by atoms with Gasteiger partial charge < -0.3 is 24.8 Å². The van der Waals surface area contributed by atoms with Crippen LogP contribution in [0, 0.1) is 0 Å². The van der Waals surface area contributed by atoms with E-state index in [0.29, 0.717) is 34.6 Å². The Hall–Kier alpha value is -3.03. The van der Waals surface area contributed by atoms with Crippen LogP contribution in [-0.4, -0.2) is 43.2 Å². The Bertz CT molecular complexity index is 781. The van der Waals surface area contributed by atoms with Crippen LogP contribution in [0.3, 0.4) is 0 Å². The zero-order valence-electron chi connectivity index (χ0n) is 15.7. The Labute approximate surface area is 158 Å². The van der Waals surface area contributed by atoms with Gasteiger partial charge in [-0.15, -0.1) is 0 Å². The molecule has 27 heavy (non-hydrogen) atoms. The van der Waals surface area contributed by atoms with E-state index in [1.54, 1.807) is 45.7 Å². The minimum absolute atomic E-state index is 0.183. The van der Waals surface area contributed by atoms with Crippen LogP contribution in [0.4, 0.5) is 11.6 Å². The maximum Gasteiger partial charge on any atom is 0.270 e. The van der Waals surface area contributed by atoms with Crippen LogP contribution in [0.2, 0.25) is 0 Å². The fraction of sp³-hybridized carbons (Fsp3) is 0.421. The fourth-order valence-electron chi connectivity index (χ4n) is 3.16. The molecule has 0 saturated heterocycles. The highest BCUT2D eigenvalue weighted by atomic mass is 16.5. The van der Waals surface area contributed by atoms with E-state index in [2.05, 4.69) is 20.6 Å². The highest BCUT2D eigenvalue weighted by molar-refractivity contribution is 5.92. The van der Waals surface area contributed by atoms with Crippen LogP contribution in [0.5, 0.6) is 17.2 Å². The standard InChI is InChI=1S/C19H24N4O4/c1-25-15-10-13(11-16(26-2)17(15)27-3)22-19-20-9-8-14(23-19)18(24)21-12-6-4-5-7-12/h8-12H,4-7H2,1-3H3,(H,21,24)(H,20,22,23). The number of aromatic nitrogens is 2. The van der Waals surface area contributed by atoms with Crippen LogP contribution in [0.25, 0.3) is 0 Å². The number of nitrogens with zero attached hydrogens (tertiary/aromatic N) is 2. The first-order valence-corrected chi connectivity index (χ1v) is 8.85. The zero-order chi connectivity index (χ0) is 19.2. The van der Waals surface area contributed by atoms with E-state index in [1.807, 2.05) is 0 Å². The maximum absolute atomic E-state index is 12.4. The molecule has 0 spiro atoms. The largest absolute Gasteiger partial charge is 0.493 e. The van der Waals surface area contributed by atoms with Crippen LogP contribution < -0.4 is 24.8 Å². The normalized spacial score (nSPS) is 13.9. The van der Waals surface area contributed by atoms with Crippen LogP contribution in [-0.2, 0) is 0 Å². The minimum Gasteiger partial charge on any atom is -0.493 e. The van der Waals surface area contributed by atoms with E-state index in [9.17, 15) is 4.79 Å². The Kier molecular flexibility index (Phi) is 5.95. The molecule has 0 bridgehead atoms. The molecular weight excluding hydrogens is 348 g/mol. The number of carbonyl (C=O) groups excluding carboxylic acids is 1. The van der Waals surface area contributed by atoms with Gasteiger partial charge in [0.25, 0.3) is 5.91 Å². The second-order valence-electron chi connectivity index (χ2n) is 6.26. The van der Waals surface area contributed by atoms with Crippen molar-refractivity contribution in [1.29, 1.82) is 0 Å². The summed E-state index contributed by atoms with van der Waals surface area (Å²) in [5.41, 5.74) is 0.977. The minimum atomic E-state index is -0.183. The molecule has 1 amide bonds. The van der Waals surface area contributed by atoms with E-state index >= 15 is 0 Å². The van der Waals surface area contributed by atoms with Gasteiger partial charge in [0, 0.05) is 30.1 Å². The summed E-state index contributed by atoms with van der Waals surface area (Å²) < 4.78 is 16.0. The Morgan fingerprint density at radius 3 is 2.33 bits per heavy atom. The van der Waals surface area contributed by atoms with Gasteiger partial charge in [0.05, 0.1) is 21.3 Å². The van der Waals surface area contributed by atoms with Crippen molar-refractivity contribution in [3.63, 3.8) is 0 Å². The maximum atomic E-state index is 12.4. The topological polar surface area (TPSA) is 94.6 Å². The fourth-order valence-corrected chi connectivity index (χ4v) is 3.16. The molecule has 8 nitrogen and oxygen atoms in total. The second kappa shape index (κ2) is 8.57. The molecule has 0 aliphatic heterocycles. The number of nitrogens with one attached hydrogen (secondary N) is 2. The number of anilines is 2. The lowest BCUT2D eigenvalue weighted by atomic mass is 10.2. The Morgan fingerprint density at radius 2 is 1.74 bits per heavy atom. The molecule has 1 aromatic carbocycles. The summed E-state index contributed by atoms with van der Waals surface area (Å²) >= 11 is 0. The van der Waals surface area contributed by atoms with E-state index in [-0.39, 0.29) is 11.9 Å². The van der Waals surface area contributed by atoms with Crippen molar-refractivity contribution in [1.82, 2.24) is 15.3 Å². The van der Waals surface area contributed by atoms with Gasteiger partial charge in [-0.1, -0.05) is 12.8 Å². The van der Waals surface area contributed by atoms with Gasteiger partial charge >= 0.3 is 0 Å². The van der Waals surface area contributed by atoms with Crippen molar-refractivity contribution in [2.75, 3.05) is 26.6 Å². The van der Waals surface area contributed by atoms with E-state index in [0.717, 1.165) is 25.7 Å². The summed E-state index contributed by atoms with van der Waals surface area (Å²) in [4.78, 5) is 20.9. The molecule has 1 aliphatic carbocycles. The van der Waals surface area contributed by atoms with Crippen molar-refractivity contribution in [2.24, 2.45) is 0 Å². The number of methoxy groups -OCH3 is 3. The number of rotatable bonds is 7. The number of carbonyl (C=O) groups is 1. The number of hydrogen-bond acceptors (Lipinski definition) is 7. The van der Waals surface area contributed by atoms with Crippen molar-refractivity contribution in [2.45, 2.75) is 31.7 Å². The molecule has 1 fully saturated rings. The first-order chi connectivity index (χ1) is 13.1. The molecule has 2 N–H and O–H groups in total. The van der Waals surface area contributed by atoms with E-state index in [1.165, 1.54) is 0 Å². The number of amides is 1. The number of hydrogen-bond donors (Lipinski definition) is 2. The quantitative estimate of drug-likeness (QED) is 0.771. The van der Waals surface area contributed by atoms with Crippen molar-refractivity contribution < 1.29 is 19.0 Å². The molecule has 1 aromatic heterocycles. The first kappa shape index (κ1) is 18.8. The van der Waals surface area contributed by atoms with E-state index < -0.39 is 0 Å². The summed E-state index contributed by atoms with van der Waals surface area (Å²) in [5.74, 6) is 1.64. The summed E-state index contributed by atoms with van der Waals surface area (Å²) in [7, 11) is 4.64. The summed E-state index contributed by atoms with van der Waals surface area (Å²) in [6, 6.07) is 5.33.